The first-order valence-corrected chi connectivity index (χ1v) is 5.93. The van der Waals surface area contributed by atoms with Gasteiger partial charge >= 0.3 is 0 Å². The highest BCUT2D eigenvalue weighted by atomic mass is 15.2. The van der Waals surface area contributed by atoms with E-state index >= 15 is 0 Å². The minimum absolute atomic E-state index is 0.626. The minimum atomic E-state index is 0.626. The lowest BCUT2D eigenvalue weighted by atomic mass is 9.82. The second-order valence-electron chi connectivity index (χ2n) is 4.53. The van der Waals surface area contributed by atoms with Crippen LogP contribution in [0.3, 0.4) is 0 Å². The van der Waals surface area contributed by atoms with Crippen molar-refractivity contribution in [1.82, 2.24) is 9.55 Å². The van der Waals surface area contributed by atoms with Crippen LogP contribution in [0.4, 0.5) is 5.95 Å². The van der Waals surface area contributed by atoms with Crippen LogP contribution in [0.5, 0.6) is 0 Å². The molecule has 15 heavy (non-hydrogen) atoms. The van der Waals surface area contributed by atoms with Crippen LogP contribution in [0.2, 0.25) is 0 Å². The Hall–Kier alpha value is -1.03. The number of hydrogen-bond donors (Lipinski definition) is 2. The summed E-state index contributed by atoms with van der Waals surface area (Å²) in [5, 5.41) is 3.36. The molecule has 0 saturated heterocycles. The number of nitrogens with one attached hydrogen (secondary N) is 1. The van der Waals surface area contributed by atoms with Gasteiger partial charge < -0.3 is 15.6 Å². The van der Waals surface area contributed by atoms with Gasteiger partial charge in [-0.15, -0.1) is 0 Å². The normalized spacial score (nSPS) is 20.6. The maximum Gasteiger partial charge on any atom is 0.203 e. The summed E-state index contributed by atoms with van der Waals surface area (Å²) in [6, 6.07) is 0. The van der Waals surface area contributed by atoms with Crippen LogP contribution in [0.25, 0.3) is 0 Å². The van der Waals surface area contributed by atoms with Crippen LogP contribution < -0.4 is 11.1 Å². The molecular weight excluding hydrogens is 188 g/mol. The van der Waals surface area contributed by atoms with Gasteiger partial charge in [0.05, 0.1) is 11.4 Å². The van der Waals surface area contributed by atoms with Gasteiger partial charge in [-0.05, 0) is 19.3 Å². The standard InChI is InChI=1S/C11H18N4/c12-7-9-10(8-3-1-4-8)14-11-13-5-2-6-15(9)11/h8H,1-7,12H2,(H,13,14). The van der Waals surface area contributed by atoms with E-state index in [-0.39, 0.29) is 0 Å². The molecule has 1 fully saturated rings. The molecule has 0 amide bonds. The lowest BCUT2D eigenvalue weighted by molar-refractivity contribution is 0.408. The lowest BCUT2D eigenvalue weighted by Crippen LogP contribution is -2.20. The average Bonchev–Trinajstić information content (AvgIpc) is 2.53. The summed E-state index contributed by atoms with van der Waals surface area (Å²) in [5.41, 5.74) is 8.38. The minimum Gasteiger partial charge on any atom is -0.356 e. The van der Waals surface area contributed by atoms with Gasteiger partial charge in [0.15, 0.2) is 0 Å². The van der Waals surface area contributed by atoms with Crippen LogP contribution in [-0.4, -0.2) is 16.1 Å². The Balaban J connectivity index is 2.01. The fourth-order valence-corrected chi connectivity index (χ4v) is 2.54. The van der Waals surface area contributed by atoms with Crippen molar-refractivity contribution in [2.75, 3.05) is 11.9 Å². The van der Waals surface area contributed by atoms with E-state index in [4.69, 9.17) is 10.7 Å². The molecule has 1 aliphatic carbocycles. The molecule has 2 heterocycles. The molecule has 3 rings (SSSR count). The van der Waals surface area contributed by atoms with Crippen LogP contribution in [-0.2, 0) is 13.1 Å². The largest absolute Gasteiger partial charge is 0.356 e. The molecule has 2 aliphatic rings. The summed E-state index contributed by atoms with van der Waals surface area (Å²) < 4.78 is 2.27. The molecule has 82 valence electrons. The molecule has 4 heteroatoms. The molecule has 0 spiro atoms. The first-order valence-electron chi connectivity index (χ1n) is 5.93. The summed E-state index contributed by atoms with van der Waals surface area (Å²) in [6.45, 7) is 2.75. The number of anilines is 1. The van der Waals surface area contributed by atoms with Crippen molar-refractivity contribution in [1.29, 1.82) is 0 Å². The molecule has 4 nitrogen and oxygen atoms in total. The van der Waals surface area contributed by atoms with Gasteiger partial charge in [-0.25, -0.2) is 4.98 Å². The first kappa shape index (κ1) is 9.21. The Morgan fingerprint density at radius 3 is 2.93 bits per heavy atom. The van der Waals surface area contributed by atoms with Gasteiger partial charge in [0.2, 0.25) is 5.95 Å². The van der Waals surface area contributed by atoms with E-state index in [1.54, 1.807) is 0 Å². The summed E-state index contributed by atoms with van der Waals surface area (Å²) in [7, 11) is 0. The number of fused-ring (bicyclic) bond motifs is 1. The molecule has 0 aromatic carbocycles. The molecule has 0 bridgehead atoms. The molecule has 3 N–H and O–H groups in total. The van der Waals surface area contributed by atoms with E-state index in [9.17, 15) is 0 Å². The molecule has 1 aliphatic heterocycles. The number of hydrogen-bond acceptors (Lipinski definition) is 3. The van der Waals surface area contributed by atoms with E-state index in [0.29, 0.717) is 12.5 Å². The number of nitrogens with two attached hydrogens (primary N) is 1. The van der Waals surface area contributed by atoms with E-state index in [1.165, 1.54) is 37.1 Å². The third kappa shape index (κ3) is 1.35. The highest BCUT2D eigenvalue weighted by Crippen LogP contribution is 2.38. The van der Waals surface area contributed by atoms with Gasteiger partial charge in [0.1, 0.15) is 0 Å². The molecule has 1 aromatic rings. The third-order valence-electron chi connectivity index (χ3n) is 3.63. The maximum absolute atomic E-state index is 5.85. The molecule has 0 radical (unpaired) electrons. The van der Waals surface area contributed by atoms with Crippen molar-refractivity contribution >= 4 is 5.95 Å². The van der Waals surface area contributed by atoms with Gasteiger partial charge in [-0.3, -0.25) is 0 Å². The third-order valence-corrected chi connectivity index (χ3v) is 3.63. The van der Waals surface area contributed by atoms with Crippen molar-refractivity contribution in [3.8, 4) is 0 Å². The van der Waals surface area contributed by atoms with Crippen molar-refractivity contribution in [3.63, 3.8) is 0 Å². The molecule has 1 saturated carbocycles. The molecular formula is C11H18N4. The quantitative estimate of drug-likeness (QED) is 0.769. The molecule has 0 unspecified atom stereocenters. The van der Waals surface area contributed by atoms with Crippen LogP contribution in [0.1, 0.15) is 43.0 Å². The van der Waals surface area contributed by atoms with Crippen molar-refractivity contribution in [2.45, 2.75) is 44.7 Å². The summed E-state index contributed by atoms with van der Waals surface area (Å²) >= 11 is 0. The van der Waals surface area contributed by atoms with Gasteiger partial charge in [0.25, 0.3) is 0 Å². The second kappa shape index (κ2) is 3.52. The number of imidazole rings is 1. The maximum atomic E-state index is 5.85. The Kier molecular flexibility index (Phi) is 2.16. The Bertz CT molecular complexity index is 365. The molecule has 0 atom stereocenters. The van der Waals surface area contributed by atoms with E-state index in [2.05, 4.69) is 9.88 Å². The predicted octanol–water partition coefficient (Wildman–Crippen LogP) is 1.42. The fourth-order valence-electron chi connectivity index (χ4n) is 2.54. The number of rotatable bonds is 2. The fraction of sp³-hybridized carbons (Fsp3) is 0.727. The number of nitrogens with zero attached hydrogens (tertiary/aromatic N) is 2. The highest BCUT2D eigenvalue weighted by molar-refractivity contribution is 5.37. The second-order valence-corrected chi connectivity index (χ2v) is 4.53. The number of aromatic nitrogens is 2. The SMILES string of the molecule is NCc1c(C2CCC2)nc2n1CCCN2. The van der Waals surface area contributed by atoms with Gasteiger partial charge in [0, 0.05) is 25.6 Å². The molecule has 1 aromatic heterocycles. The van der Waals surface area contributed by atoms with E-state index in [1.807, 2.05) is 0 Å². The van der Waals surface area contributed by atoms with Gasteiger partial charge in [-0.1, -0.05) is 6.42 Å². The van der Waals surface area contributed by atoms with Crippen LogP contribution in [0.15, 0.2) is 0 Å². The lowest BCUT2D eigenvalue weighted by Gasteiger charge is -2.24. The van der Waals surface area contributed by atoms with Crippen LogP contribution in [0, 0.1) is 0 Å². The zero-order chi connectivity index (χ0) is 10.3. The smallest absolute Gasteiger partial charge is 0.203 e. The Labute approximate surface area is 89.9 Å². The zero-order valence-electron chi connectivity index (χ0n) is 9.00. The summed E-state index contributed by atoms with van der Waals surface area (Å²) in [6.07, 6.45) is 5.12. The van der Waals surface area contributed by atoms with E-state index < -0.39 is 0 Å². The first-order chi connectivity index (χ1) is 7.40. The highest BCUT2D eigenvalue weighted by Gasteiger charge is 2.28. The summed E-state index contributed by atoms with van der Waals surface area (Å²) in [4.78, 5) is 4.72. The topological polar surface area (TPSA) is 55.9 Å². The van der Waals surface area contributed by atoms with Crippen molar-refractivity contribution < 1.29 is 0 Å². The van der Waals surface area contributed by atoms with Gasteiger partial charge in [-0.2, -0.15) is 0 Å². The average molecular weight is 206 g/mol. The van der Waals surface area contributed by atoms with Crippen molar-refractivity contribution in [2.24, 2.45) is 5.73 Å². The predicted molar refractivity (Wildman–Crippen MR) is 59.8 cm³/mol. The van der Waals surface area contributed by atoms with Crippen molar-refractivity contribution in [3.05, 3.63) is 11.4 Å². The Morgan fingerprint density at radius 2 is 2.27 bits per heavy atom. The van der Waals surface area contributed by atoms with Crippen LogP contribution >= 0.6 is 0 Å². The summed E-state index contributed by atoms with van der Waals surface area (Å²) in [5.74, 6) is 1.73. The zero-order valence-corrected chi connectivity index (χ0v) is 9.00. The monoisotopic (exact) mass is 206 g/mol. The van der Waals surface area contributed by atoms with E-state index in [0.717, 1.165) is 19.0 Å². The Morgan fingerprint density at radius 1 is 1.40 bits per heavy atom.